The number of carbonyl (C=O) groups is 1. The monoisotopic (exact) mass is 425 g/mol. The van der Waals surface area contributed by atoms with Crippen molar-refractivity contribution in [1.29, 1.82) is 0 Å². The maximum absolute atomic E-state index is 13.1. The van der Waals surface area contributed by atoms with E-state index >= 15 is 0 Å². The van der Waals surface area contributed by atoms with Crippen LogP contribution < -0.4 is 10.6 Å². The van der Waals surface area contributed by atoms with Crippen molar-refractivity contribution in [1.82, 2.24) is 4.90 Å². The van der Waals surface area contributed by atoms with Gasteiger partial charge in [-0.1, -0.05) is 38.0 Å². The molecule has 0 bridgehead atoms. The summed E-state index contributed by atoms with van der Waals surface area (Å²) >= 11 is 0. The molecule has 3 rings (SSSR count). The van der Waals surface area contributed by atoms with Crippen LogP contribution in [0, 0.1) is 17.8 Å². The molecule has 1 aliphatic heterocycles. The van der Waals surface area contributed by atoms with Gasteiger partial charge in [0.05, 0.1) is 0 Å². The molecule has 1 unspecified atom stereocenters. The zero-order valence-electron chi connectivity index (χ0n) is 17.8. The molecular formula is C23H34F3N3O. The van der Waals surface area contributed by atoms with Crippen LogP contribution in [0.3, 0.4) is 0 Å². The second kappa shape index (κ2) is 10.0. The molecule has 2 fully saturated rings. The summed E-state index contributed by atoms with van der Waals surface area (Å²) in [5.41, 5.74) is 7.77. The highest BCUT2D eigenvalue weighted by atomic mass is 19.4. The molecular weight excluding hydrogens is 391 g/mol. The maximum Gasteiger partial charge on any atom is 0.400 e. The number of piperazine rings is 1. The smallest absolute Gasteiger partial charge is 0.369 e. The number of para-hydroxylation sites is 1. The third kappa shape index (κ3) is 5.68. The number of benzene rings is 1. The standard InChI is InChI=1S/C23H34F3N3O/c1-2-18-5-3-4-6-20(18)29-15-13-28(14-16-29)12-11-17-7-9-19(10-8-17)21(22(27)30)23(24,25)26/h3-6,17,19,21H,2,7-16H2,1H3,(H2,27,30). The molecule has 1 aromatic carbocycles. The van der Waals surface area contributed by atoms with E-state index in [0.29, 0.717) is 18.8 Å². The van der Waals surface area contributed by atoms with Crippen LogP contribution in [0.25, 0.3) is 0 Å². The van der Waals surface area contributed by atoms with Gasteiger partial charge in [-0.05, 0) is 55.7 Å². The molecule has 2 N–H and O–H groups in total. The Bertz CT molecular complexity index is 693. The lowest BCUT2D eigenvalue weighted by Gasteiger charge is -2.38. The first kappa shape index (κ1) is 22.9. The van der Waals surface area contributed by atoms with Gasteiger partial charge in [0, 0.05) is 31.9 Å². The molecule has 168 valence electrons. The van der Waals surface area contributed by atoms with E-state index in [2.05, 4.69) is 41.0 Å². The summed E-state index contributed by atoms with van der Waals surface area (Å²) in [6.07, 6.45) is -0.0730. The van der Waals surface area contributed by atoms with Gasteiger partial charge in [-0.25, -0.2) is 0 Å². The summed E-state index contributed by atoms with van der Waals surface area (Å²) in [6.45, 7) is 7.24. The predicted molar refractivity (Wildman–Crippen MR) is 113 cm³/mol. The number of rotatable bonds is 7. The molecule has 30 heavy (non-hydrogen) atoms. The Balaban J connectivity index is 1.41. The van der Waals surface area contributed by atoms with Crippen LogP contribution in [-0.2, 0) is 11.2 Å². The number of aryl methyl sites for hydroxylation is 1. The Morgan fingerprint density at radius 2 is 1.73 bits per heavy atom. The van der Waals surface area contributed by atoms with E-state index in [9.17, 15) is 18.0 Å². The number of alkyl halides is 3. The Labute approximate surface area is 177 Å². The molecule has 1 heterocycles. The van der Waals surface area contributed by atoms with E-state index in [1.54, 1.807) is 0 Å². The largest absolute Gasteiger partial charge is 0.400 e. The van der Waals surface area contributed by atoms with E-state index in [-0.39, 0.29) is 0 Å². The first-order valence-electron chi connectivity index (χ1n) is 11.2. The highest BCUT2D eigenvalue weighted by molar-refractivity contribution is 5.77. The third-order valence-corrected chi connectivity index (χ3v) is 6.96. The molecule has 4 nitrogen and oxygen atoms in total. The van der Waals surface area contributed by atoms with E-state index in [1.165, 1.54) is 11.3 Å². The maximum atomic E-state index is 13.1. The molecule has 1 atom stereocenters. The van der Waals surface area contributed by atoms with Crippen molar-refractivity contribution in [2.75, 3.05) is 37.6 Å². The number of primary amides is 1. The Kier molecular flexibility index (Phi) is 7.66. The van der Waals surface area contributed by atoms with Gasteiger partial charge in [0.15, 0.2) is 0 Å². The average Bonchev–Trinajstić information content (AvgIpc) is 2.72. The van der Waals surface area contributed by atoms with Gasteiger partial charge in [0.1, 0.15) is 5.92 Å². The molecule has 1 aromatic rings. The molecule has 1 aliphatic carbocycles. The van der Waals surface area contributed by atoms with E-state index < -0.39 is 23.9 Å². The van der Waals surface area contributed by atoms with Gasteiger partial charge in [0.25, 0.3) is 0 Å². The van der Waals surface area contributed by atoms with Crippen molar-refractivity contribution in [2.24, 2.45) is 23.5 Å². The zero-order chi connectivity index (χ0) is 21.7. The number of nitrogens with two attached hydrogens (primary N) is 1. The van der Waals surface area contributed by atoms with Gasteiger partial charge >= 0.3 is 6.18 Å². The number of anilines is 1. The fraction of sp³-hybridized carbons (Fsp3) is 0.696. The Morgan fingerprint density at radius 3 is 2.30 bits per heavy atom. The fourth-order valence-electron chi connectivity index (χ4n) is 5.17. The normalized spacial score (nSPS) is 24.6. The molecule has 0 radical (unpaired) electrons. The summed E-state index contributed by atoms with van der Waals surface area (Å²) < 4.78 is 39.4. The van der Waals surface area contributed by atoms with Gasteiger partial charge in [-0.3, -0.25) is 9.69 Å². The van der Waals surface area contributed by atoms with Crippen molar-refractivity contribution in [2.45, 2.75) is 51.6 Å². The summed E-state index contributed by atoms with van der Waals surface area (Å²) in [5, 5.41) is 0. The van der Waals surface area contributed by atoms with E-state index in [4.69, 9.17) is 5.73 Å². The minimum atomic E-state index is -4.53. The summed E-state index contributed by atoms with van der Waals surface area (Å²) in [5.74, 6) is -3.42. The van der Waals surface area contributed by atoms with E-state index in [1.807, 2.05) is 0 Å². The number of amides is 1. The lowest BCUT2D eigenvalue weighted by molar-refractivity contribution is -0.194. The van der Waals surface area contributed by atoms with Gasteiger partial charge < -0.3 is 10.6 Å². The molecule has 2 aliphatic rings. The lowest BCUT2D eigenvalue weighted by atomic mass is 9.74. The van der Waals surface area contributed by atoms with Crippen LogP contribution in [0.15, 0.2) is 24.3 Å². The molecule has 1 amide bonds. The zero-order valence-corrected chi connectivity index (χ0v) is 17.8. The minimum Gasteiger partial charge on any atom is -0.369 e. The minimum absolute atomic E-state index is 0.444. The first-order valence-corrected chi connectivity index (χ1v) is 11.2. The summed E-state index contributed by atoms with van der Waals surface area (Å²) in [4.78, 5) is 16.3. The van der Waals surface area contributed by atoms with Crippen molar-refractivity contribution in [3.05, 3.63) is 29.8 Å². The van der Waals surface area contributed by atoms with Gasteiger partial charge in [-0.2, -0.15) is 13.2 Å². The number of halogens is 3. The third-order valence-electron chi connectivity index (χ3n) is 6.96. The molecule has 0 spiro atoms. The molecule has 0 aromatic heterocycles. The number of hydrogen-bond acceptors (Lipinski definition) is 3. The topological polar surface area (TPSA) is 49.6 Å². The van der Waals surface area contributed by atoms with Gasteiger partial charge in [-0.15, -0.1) is 0 Å². The molecule has 7 heteroatoms. The molecule has 1 saturated heterocycles. The first-order chi connectivity index (χ1) is 14.3. The average molecular weight is 426 g/mol. The quantitative estimate of drug-likeness (QED) is 0.711. The van der Waals surface area contributed by atoms with Gasteiger partial charge in [0.2, 0.25) is 5.91 Å². The Morgan fingerprint density at radius 1 is 1.10 bits per heavy atom. The second-order valence-corrected chi connectivity index (χ2v) is 8.80. The highest BCUT2D eigenvalue weighted by Gasteiger charge is 2.49. The van der Waals surface area contributed by atoms with Crippen LogP contribution >= 0.6 is 0 Å². The number of carbonyl (C=O) groups excluding carboxylic acids is 1. The summed E-state index contributed by atoms with van der Waals surface area (Å²) in [6, 6.07) is 8.58. The fourth-order valence-corrected chi connectivity index (χ4v) is 5.17. The van der Waals surface area contributed by atoms with Crippen molar-refractivity contribution < 1.29 is 18.0 Å². The molecule has 1 saturated carbocycles. The number of hydrogen-bond donors (Lipinski definition) is 1. The van der Waals surface area contributed by atoms with Crippen molar-refractivity contribution in [3.63, 3.8) is 0 Å². The number of nitrogens with zero attached hydrogens (tertiary/aromatic N) is 2. The highest BCUT2D eigenvalue weighted by Crippen LogP contribution is 2.41. The Hall–Kier alpha value is -1.76. The van der Waals surface area contributed by atoms with Crippen LogP contribution in [0.2, 0.25) is 0 Å². The van der Waals surface area contributed by atoms with Crippen LogP contribution in [0.5, 0.6) is 0 Å². The summed E-state index contributed by atoms with van der Waals surface area (Å²) in [7, 11) is 0. The van der Waals surface area contributed by atoms with Crippen LogP contribution in [0.4, 0.5) is 18.9 Å². The van der Waals surface area contributed by atoms with Crippen molar-refractivity contribution >= 4 is 11.6 Å². The lowest BCUT2D eigenvalue weighted by Crippen LogP contribution is -2.47. The second-order valence-electron chi connectivity index (χ2n) is 8.80. The van der Waals surface area contributed by atoms with Crippen LogP contribution in [-0.4, -0.2) is 49.7 Å². The van der Waals surface area contributed by atoms with Crippen LogP contribution in [0.1, 0.15) is 44.6 Å². The SMILES string of the molecule is CCc1ccccc1N1CCN(CCC2CCC(C(C(N)=O)C(F)(F)F)CC2)CC1. The van der Waals surface area contributed by atoms with E-state index in [0.717, 1.165) is 58.4 Å². The van der Waals surface area contributed by atoms with Crippen molar-refractivity contribution in [3.8, 4) is 0 Å². The predicted octanol–water partition coefficient (Wildman–Crippen LogP) is 4.23.